The van der Waals surface area contributed by atoms with Crippen molar-refractivity contribution >= 4 is 27.4 Å². The van der Waals surface area contributed by atoms with Gasteiger partial charge < -0.3 is 15.1 Å². The Hall–Kier alpha value is -3.79. The van der Waals surface area contributed by atoms with Crippen molar-refractivity contribution in [3.63, 3.8) is 0 Å². The Morgan fingerprint density at radius 2 is 1.72 bits per heavy atom. The number of amidine groups is 1. The van der Waals surface area contributed by atoms with Gasteiger partial charge in [0, 0.05) is 23.6 Å². The van der Waals surface area contributed by atoms with Gasteiger partial charge in [0.2, 0.25) is 15.9 Å². The number of pyridine rings is 1. The van der Waals surface area contributed by atoms with Crippen LogP contribution in [0.15, 0.2) is 99.7 Å². The Balaban J connectivity index is 1.62. The molecule has 2 aromatic heterocycles. The van der Waals surface area contributed by atoms with E-state index < -0.39 is 16.2 Å². The van der Waals surface area contributed by atoms with Gasteiger partial charge >= 0.3 is 0 Å². The zero-order chi connectivity index (χ0) is 22.3. The standard InChI is InChI=1S/C23H19N5O3S/c24-21-20-10-12-31-23(20)27-22(16-3-1-5-19(13-16)32(25,29)30)28(21)18-8-6-15(7-9-18)17-4-2-11-26-14-17/h1-14,21H,24H2,(H2,25,29,30). The normalized spacial score (nSPS) is 15.9. The van der Waals surface area contributed by atoms with Gasteiger partial charge in [-0.2, -0.15) is 4.99 Å². The van der Waals surface area contributed by atoms with Crippen LogP contribution < -0.4 is 15.8 Å². The van der Waals surface area contributed by atoms with Crippen molar-refractivity contribution in [1.82, 2.24) is 4.98 Å². The molecule has 1 aliphatic heterocycles. The van der Waals surface area contributed by atoms with E-state index in [0.717, 1.165) is 22.4 Å². The molecule has 9 heteroatoms. The van der Waals surface area contributed by atoms with E-state index in [4.69, 9.17) is 15.3 Å². The number of aromatic nitrogens is 1. The highest BCUT2D eigenvalue weighted by atomic mass is 32.2. The number of anilines is 1. The molecule has 1 aliphatic rings. The third-order valence-corrected chi connectivity index (χ3v) is 6.18. The summed E-state index contributed by atoms with van der Waals surface area (Å²) in [6, 6.07) is 19.8. The summed E-state index contributed by atoms with van der Waals surface area (Å²) < 4.78 is 29.3. The first-order valence-corrected chi connectivity index (χ1v) is 11.3. The lowest BCUT2D eigenvalue weighted by molar-refractivity contribution is 0.565. The second-order valence-electron chi connectivity index (χ2n) is 7.29. The molecule has 0 spiro atoms. The molecule has 0 aliphatic carbocycles. The van der Waals surface area contributed by atoms with Crippen molar-refractivity contribution in [3.8, 4) is 11.1 Å². The second-order valence-corrected chi connectivity index (χ2v) is 8.85. The first kappa shape index (κ1) is 20.1. The fourth-order valence-corrected chi connectivity index (χ4v) is 4.25. The molecule has 160 valence electrons. The summed E-state index contributed by atoms with van der Waals surface area (Å²) in [5, 5.41) is 5.33. The molecule has 4 N–H and O–H groups in total. The number of rotatable bonds is 4. The molecular formula is C23H19N5O3S. The zero-order valence-corrected chi connectivity index (χ0v) is 17.6. The predicted octanol–water partition coefficient (Wildman–Crippen LogP) is 3.54. The van der Waals surface area contributed by atoms with Gasteiger partial charge in [-0.05, 0) is 47.5 Å². The van der Waals surface area contributed by atoms with Crippen LogP contribution in [0.2, 0.25) is 0 Å². The molecule has 0 bridgehead atoms. The Kier molecular flexibility index (Phi) is 4.86. The van der Waals surface area contributed by atoms with Gasteiger partial charge in [0.1, 0.15) is 12.0 Å². The molecule has 0 saturated carbocycles. The topological polar surface area (TPSA) is 128 Å². The summed E-state index contributed by atoms with van der Waals surface area (Å²) in [6.07, 6.45) is 4.47. The van der Waals surface area contributed by atoms with Crippen LogP contribution >= 0.6 is 0 Å². The molecule has 32 heavy (non-hydrogen) atoms. The van der Waals surface area contributed by atoms with Crippen LogP contribution in [-0.4, -0.2) is 19.2 Å². The highest BCUT2D eigenvalue weighted by molar-refractivity contribution is 7.89. The maximum absolute atomic E-state index is 11.9. The van der Waals surface area contributed by atoms with E-state index in [-0.39, 0.29) is 4.90 Å². The quantitative estimate of drug-likeness (QED) is 0.494. The minimum absolute atomic E-state index is 0.0108. The van der Waals surface area contributed by atoms with Crippen molar-refractivity contribution in [1.29, 1.82) is 0 Å². The van der Waals surface area contributed by atoms with Crippen LogP contribution in [0.4, 0.5) is 11.6 Å². The Morgan fingerprint density at radius 1 is 0.938 bits per heavy atom. The lowest BCUT2D eigenvalue weighted by Crippen LogP contribution is -2.42. The predicted molar refractivity (Wildman–Crippen MR) is 122 cm³/mol. The monoisotopic (exact) mass is 445 g/mol. The summed E-state index contributed by atoms with van der Waals surface area (Å²) in [7, 11) is -3.88. The lowest BCUT2D eigenvalue weighted by Gasteiger charge is -2.34. The molecular weight excluding hydrogens is 426 g/mol. The zero-order valence-electron chi connectivity index (χ0n) is 16.8. The number of nitrogens with zero attached hydrogens (tertiary/aromatic N) is 3. The number of sulfonamides is 1. The molecule has 5 rings (SSSR count). The molecule has 1 unspecified atom stereocenters. The van der Waals surface area contributed by atoms with E-state index in [1.165, 1.54) is 18.4 Å². The maximum atomic E-state index is 11.9. The van der Waals surface area contributed by atoms with E-state index in [9.17, 15) is 8.42 Å². The fraction of sp³-hybridized carbons (Fsp3) is 0.0435. The van der Waals surface area contributed by atoms with Gasteiger partial charge in [-0.3, -0.25) is 4.98 Å². The Bertz CT molecular complexity index is 1410. The highest BCUT2D eigenvalue weighted by Crippen LogP contribution is 2.38. The summed E-state index contributed by atoms with van der Waals surface area (Å²) in [5.41, 5.74) is 10.7. The minimum atomic E-state index is -3.88. The van der Waals surface area contributed by atoms with E-state index in [2.05, 4.69) is 9.98 Å². The molecule has 4 aromatic rings. The molecule has 0 amide bonds. The molecule has 0 radical (unpaired) electrons. The number of primary sulfonamides is 1. The summed E-state index contributed by atoms with van der Waals surface area (Å²) in [4.78, 5) is 10.6. The molecule has 0 saturated heterocycles. The number of furan rings is 1. The number of hydrogen-bond donors (Lipinski definition) is 2. The largest absolute Gasteiger partial charge is 0.446 e. The number of hydrogen-bond acceptors (Lipinski definition) is 7. The average molecular weight is 446 g/mol. The Morgan fingerprint density at radius 3 is 2.44 bits per heavy atom. The van der Waals surface area contributed by atoms with Crippen LogP contribution in [0.1, 0.15) is 17.3 Å². The fourth-order valence-electron chi connectivity index (χ4n) is 3.69. The molecule has 1 atom stereocenters. The summed E-state index contributed by atoms with van der Waals surface area (Å²) in [5.74, 6) is 0.844. The number of fused-ring (bicyclic) bond motifs is 1. The first-order chi connectivity index (χ1) is 15.4. The van der Waals surface area contributed by atoms with Gasteiger partial charge in [0.25, 0.3) is 0 Å². The summed E-state index contributed by atoms with van der Waals surface area (Å²) in [6.45, 7) is 0. The van der Waals surface area contributed by atoms with Crippen LogP contribution in [0.5, 0.6) is 0 Å². The van der Waals surface area contributed by atoms with Crippen LogP contribution in [0.25, 0.3) is 11.1 Å². The highest BCUT2D eigenvalue weighted by Gasteiger charge is 2.31. The molecule has 8 nitrogen and oxygen atoms in total. The number of benzene rings is 2. The first-order valence-electron chi connectivity index (χ1n) is 9.76. The smallest absolute Gasteiger partial charge is 0.238 e. The van der Waals surface area contributed by atoms with Gasteiger partial charge in [-0.25, -0.2) is 13.6 Å². The summed E-state index contributed by atoms with van der Waals surface area (Å²) >= 11 is 0. The molecule has 0 fully saturated rings. The third-order valence-electron chi connectivity index (χ3n) is 5.27. The van der Waals surface area contributed by atoms with E-state index in [1.54, 1.807) is 30.6 Å². The SMILES string of the molecule is NC1c2ccoc2N=C(c2cccc(S(N)(=O)=O)c2)N1c1ccc(-c2cccnc2)cc1. The van der Waals surface area contributed by atoms with Crippen LogP contribution in [-0.2, 0) is 10.0 Å². The van der Waals surface area contributed by atoms with Crippen molar-refractivity contribution in [2.45, 2.75) is 11.1 Å². The number of nitrogens with two attached hydrogens (primary N) is 2. The third kappa shape index (κ3) is 3.58. The molecule has 3 heterocycles. The Labute approximate surface area is 184 Å². The van der Waals surface area contributed by atoms with Crippen molar-refractivity contribution < 1.29 is 12.8 Å². The van der Waals surface area contributed by atoms with Crippen LogP contribution in [0.3, 0.4) is 0 Å². The minimum Gasteiger partial charge on any atom is -0.446 e. The number of aliphatic imine (C=N–C) groups is 1. The van der Waals surface area contributed by atoms with E-state index >= 15 is 0 Å². The van der Waals surface area contributed by atoms with E-state index in [0.29, 0.717) is 17.3 Å². The average Bonchev–Trinajstić information content (AvgIpc) is 3.29. The lowest BCUT2D eigenvalue weighted by atomic mass is 10.0. The van der Waals surface area contributed by atoms with Gasteiger partial charge in [0.05, 0.1) is 16.7 Å². The van der Waals surface area contributed by atoms with E-state index in [1.807, 2.05) is 41.3 Å². The van der Waals surface area contributed by atoms with Gasteiger partial charge in [-0.1, -0.05) is 30.3 Å². The van der Waals surface area contributed by atoms with Crippen molar-refractivity contribution in [2.24, 2.45) is 15.9 Å². The second kappa shape index (κ2) is 7.72. The van der Waals surface area contributed by atoms with Crippen molar-refractivity contribution in [3.05, 3.63) is 96.5 Å². The van der Waals surface area contributed by atoms with Gasteiger partial charge in [0.15, 0.2) is 0 Å². The maximum Gasteiger partial charge on any atom is 0.238 e. The van der Waals surface area contributed by atoms with Gasteiger partial charge in [-0.15, -0.1) is 0 Å². The van der Waals surface area contributed by atoms with Crippen LogP contribution in [0, 0.1) is 0 Å². The molecule has 2 aromatic carbocycles. The van der Waals surface area contributed by atoms with Crippen molar-refractivity contribution in [2.75, 3.05) is 4.90 Å².